The number of para-hydroxylation sites is 1. The van der Waals surface area contributed by atoms with Crippen molar-refractivity contribution in [3.63, 3.8) is 0 Å². The Morgan fingerprint density at radius 3 is 2.69 bits per heavy atom. The Morgan fingerprint density at radius 2 is 1.97 bits per heavy atom. The molecule has 0 spiro atoms. The molecule has 2 heterocycles. The predicted molar refractivity (Wildman–Crippen MR) is 107 cm³/mol. The van der Waals surface area contributed by atoms with Crippen molar-refractivity contribution in [1.29, 1.82) is 0 Å². The zero-order valence-electron chi connectivity index (χ0n) is 15.3. The molecule has 0 aliphatic rings. The van der Waals surface area contributed by atoms with Crippen molar-refractivity contribution in [3.05, 3.63) is 70.9 Å². The molecule has 1 N–H and O–H groups in total. The lowest BCUT2D eigenvalue weighted by molar-refractivity contribution is 0.0515. The van der Waals surface area contributed by atoms with Gasteiger partial charge in [0.25, 0.3) is 0 Å². The molecule has 4 aromatic rings. The van der Waals surface area contributed by atoms with E-state index in [1.165, 1.54) is 16.8 Å². The van der Waals surface area contributed by atoms with Crippen LogP contribution in [0.15, 0.2) is 59.0 Å². The van der Waals surface area contributed by atoms with Crippen LogP contribution in [0, 0.1) is 0 Å². The van der Waals surface area contributed by atoms with Gasteiger partial charge in [0.05, 0.1) is 22.9 Å². The van der Waals surface area contributed by atoms with Gasteiger partial charge in [-0.2, -0.15) is 5.10 Å². The molecule has 0 unspecified atom stereocenters. The van der Waals surface area contributed by atoms with Crippen molar-refractivity contribution >= 4 is 34.5 Å². The summed E-state index contributed by atoms with van der Waals surface area (Å²) in [5, 5.41) is 14.8. The minimum absolute atomic E-state index is 0.0867. The lowest BCUT2D eigenvalue weighted by Gasteiger charge is -2.08. The van der Waals surface area contributed by atoms with E-state index in [0.717, 1.165) is 5.39 Å². The first-order chi connectivity index (χ1) is 14.0. The molecule has 0 bridgehead atoms. The van der Waals surface area contributed by atoms with E-state index in [4.69, 9.17) is 20.8 Å². The number of rotatable bonds is 5. The summed E-state index contributed by atoms with van der Waals surface area (Å²) in [7, 11) is 0. The van der Waals surface area contributed by atoms with Crippen LogP contribution in [0.3, 0.4) is 0 Å². The van der Waals surface area contributed by atoms with E-state index < -0.39 is 11.9 Å². The van der Waals surface area contributed by atoms with Gasteiger partial charge in [0.1, 0.15) is 11.3 Å². The minimum Gasteiger partial charge on any atom is -0.478 e. The molecule has 2 aromatic heterocycles. The summed E-state index contributed by atoms with van der Waals surface area (Å²) < 4.78 is 12.3. The Hall–Kier alpha value is -3.58. The summed E-state index contributed by atoms with van der Waals surface area (Å²) in [6.45, 7) is 1.88. The Labute approximate surface area is 170 Å². The minimum atomic E-state index is -1.18. The molecule has 0 fully saturated rings. The monoisotopic (exact) mass is 410 g/mol. The van der Waals surface area contributed by atoms with Gasteiger partial charge in [-0.1, -0.05) is 29.8 Å². The number of carboxylic acids is 1. The van der Waals surface area contributed by atoms with Crippen LogP contribution in [0.2, 0.25) is 5.02 Å². The van der Waals surface area contributed by atoms with Crippen molar-refractivity contribution in [2.75, 3.05) is 6.61 Å². The van der Waals surface area contributed by atoms with E-state index in [-0.39, 0.29) is 22.9 Å². The molecule has 0 radical (unpaired) electrons. The molecule has 0 aliphatic heterocycles. The summed E-state index contributed by atoms with van der Waals surface area (Å²) in [6.07, 6.45) is 0. The topological polar surface area (TPSA) is 94.6 Å². The third-order valence-corrected chi connectivity index (χ3v) is 4.63. The third kappa shape index (κ3) is 3.48. The van der Waals surface area contributed by atoms with E-state index in [2.05, 4.69) is 5.10 Å². The first-order valence-corrected chi connectivity index (χ1v) is 9.15. The fourth-order valence-corrected chi connectivity index (χ4v) is 3.16. The number of fused-ring (bicyclic) bond motifs is 1. The van der Waals surface area contributed by atoms with E-state index in [0.29, 0.717) is 22.7 Å². The summed E-state index contributed by atoms with van der Waals surface area (Å²) in [6, 6.07) is 15.2. The van der Waals surface area contributed by atoms with Gasteiger partial charge in [-0.3, -0.25) is 0 Å². The predicted octanol–water partition coefficient (Wildman–Crippen LogP) is 4.81. The molecule has 0 amide bonds. The quantitative estimate of drug-likeness (QED) is 0.474. The maximum Gasteiger partial charge on any atom is 0.357 e. The van der Waals surface area contributed by atoms with Crippen LogP contribution >= 0.6 is 11.6 Å². The number of halogens is 1. The normalized spacial score (nSPS) is 11.0. The zero-order chi connectivity index (χ0) is 20.5. The van der Waals surface area contributed by atoms with Crippen LogP contribution in [0.1, 0.15) is 27.8 Å². The maximum atomic E-state index is 12.5. The highest BCUT2D eigenvalue weighted by Gasteiger charge is 2.21. The third-order valence-electron chi connectivity index (χ3n) is 4.30. The fraction of sp³-hybridized carbons (Fsp3) is 0.0952. The average Bonchev–Trinajstić information content (AvgIpc) is 3.32. The van der Waals surface area contributed by atoms with Crippen molar-refractivity contribution < 1.29 is 23.8 Å². The Balaban J connectivity index is 1.87. The highest BCUT2D eigenvalue weighted by molar-refractivity contribution is 6.33. The van der Waals surface area contributed by atoms with Crippen molar-refractivity contribution in [3.8, 4) is 17.1 Å². The second-order valence-corrected chi connectivity index (χ2v) is 6.57. The van der Waals surface area contributed by atoms with Crippen molar-refractivity contribution in [1.82, 2.24) is 9.78 Å². The SMILES string of the molecule is CCOC(=O)c1cc(-c2cc3ccccc3o2)nn1-c1ccc(Cl)c(C(=O)O)c1. The number of carbonyl (C=O) groups is 2. The Kier molecular flexibility index (Phi) is 4.82. The van der Waals surface area contributed by atoms with Gasteiger partial charge in [0.15, 0.2) is 11.5 Å². The lowest BCUT2D eigenvalue weighted by Crippen LogP contribution is -2.12. The number of carboxylic acid groups (broad SMARTS) is 1. The number of benzene rings is 2. The number of esters is 1. The van der Waals surface area contributed by atoms with Crippen LogP contribution in [-0.4, -0.2) is 33.4 Å². The van der Waals surface area contributed by atoms with Gasteiger partial charge in [0.2, 0.25) is 0 Å². The van der Waals surface area contributed by atoms with E-state index in [9.17, 15) is 14.7 Å². The Bertz CT molecular complexity index is 1210. The molecule has 0 saturated heterocycles. The second-order valence-electron chi connectivity index (χ2n) is 6.16. The van der Waals surface area contributed by atoms with Crippen LogP contribution in [0.5, 0.6) is 0 Å². The highest BCUT2D eigenvalue weighted by atomic mass is 35.5. The molecule has 0 saturated carbocycles. The number of carbonyl (C=O) groups excluding carboxylic acids is 1. The molecule has 8 heteroatoms. The van der Waals surface area contributed by atoms with E-state index in [1.54, 1.807) is 19.1 Å². The largest absolute Gasteiger partial charge is 0.478 e. The summed E-state index contributed by atoms with van der Waals surface area (Å²) in [4.78, 5) is 23.9. The van der Waals surface area contributed by atoms with Gasteiger partial charge in [0, 0.05) is 11.5 Å². The molecule has 2 aromatic carbocycles. The van der Waals surface area contributed by atoms with Gasteiger partial charge in [-0.05, 0) is 37.3 Å². The number of aromatic carboxylic acids is 1. The number of hydrogen-bond acceptors (Lipinski definition) is 5. The summed E-state index contributed by atoms with van der Waals surface area (Å²) >= 11 is 5.96. The standard InChI is InChI=1S/C21H15ClN2O5/c1-2-28-21(27)17-11-16(19-9-12-5-3-4-6-18(12)29-19)23-24(17)13-7-8-15(22)14(10-13)20(25)26/h3-11H,2H2,1H3,(H,25,26). The molecule has 29 heavy (non-hydrogen) atoms. The maximum absolute atomic E-state index is 12.5. The van der Waals surface area contributed by atoms with E-state index in [1.807, 2.05) is 30.3 Å². The van der Waals surface area contributed by atoms with Gasteiger partial charge in [-0.25, -0.2) is 14.3 Å². The highest BCUT2D eigenvalue weighted by Crippen LogP contribution is 2.29. The number of nitrogens with zero attached hydrogens (tertiary/aromatic N) is 2. The fourth-order valence-electron chi connectivity index (χ4n) is 2.97. The van der Waals surface area contributed by atoms with Gasteiger partial charge >= 0.3 is 11.9 Å². The van der Waals surface area contributed by atoms with E-state index >= 15 is 0 Å². The van der Waals surface area contributed by atoms with Crippen LogP contribution < -0.4 is 0 Å². The van der Waals surface area contributed by atoms with Crippen molar-refractivity contribution in [2.45, 2.75) is 6.92 Å². The van der Waals surface area contributed by atoms with Crippen LogP contribution in [-0.2, 0) is 4.74 Å². The first-order valence-electron chi connectivity index (χ1n) is 8.77. The molecule has 0 atom stereocenters. The number of furan rings is 1. The number of aromatic nitrogens is 2. The Morgan fingerprint density at radius 1 is 1.17 bits per heavy atom. The number of ether oxygens (including phenoxy) is 1. The molecule has 0 aliphatic carbocycles. The summed E-state index contributed by atoms with van der Waals surface area (Å²) in [5.41, 5.74) is 1.50. The number of hydrogen-bond donors (Lipinski definition) is 1. The lowest BCUT2D eigenvalue weighted by atomic mass is 10.2. The van der Waals surface area contributed by atoms with Crippen LogP contribution in [0.4, 0.5) is 0 Å². The zero-order valence-corrected chi connectivity index (χ0v) is 16.0. The molecular formula is C21H15ClN2O5. The van der Waals surface area contributed by atoms with Crippen molar-refractivity contribution in [2.24, 2.45) is 0 Å². The second kappa shape index (κ2) is 7.44. The molecule has 146 valence electrons. The molecular weight excluding hydrogens is 396 g/mol. The smallest absolute Gasteiger partial charge is 0.357 e. The first kappa shape index (κ1) is 18.8. The molecule has 4 rings (SSSR count). The van der Waals surface area contributed by atoms with Crippen LogP contribution in [0.25, 0.3) is 28.1 Å². The van der Waals surface area contributed by atoms with Gasteiger partial charge in [-0.15, -0.1) is 0 Å². The molecule has 7 nitrogen and oxygen atoms in total. The summed E-state index contributed by atoms with van der Waals surface area (Å²) in [5.74, 6) is -1.30. The average molecular weight is 411 g/mol. The van der Waals surface area contributed by atoms with Gasteiger partial charge < -0.3 is 14.3 Å².